The molecule has 2 aromatic rings. The second-order valence-electron chi connectivity index (χ2n) is 5.58. The van der Waals surface area contributed by atoms with Crippen molar-refractivity contribution in [1.82, 2.24) is 0 Å². The van der Waals surface area contributed by atoms with Crippen molar-refractivity contribution in [3.05, 3.63) is 70.8 Å². The van der Waals surface area contributed by atoms with Gasteiger partial charge in [-0.15, -0.1) is 0 Å². The average Bonchev–Trinajstić information content (AvgIpc) is 2.46. The van der Waals surface area contributed by atoms with Gasteiger partial charge >= 0.3 is 0 Å². The Morgan fingerprint density at radius 3 is 2.20 bits per heavy atom. The van der Waals surface area contributed by atoms with Crippen LogP contribution in [0.4, 0.5) is 0 Å². The van der Waals surface area contributed by atoms with Crippen LogP contribution < -0.4 is 0 Å². The van der Waals surface area contributed by atoms with E-state index in [2.05, 4.69) is 19.1 Å². The van der Waals surface area contributed by atoms with Gasteiger partial charge in [-0.3, -0.25) is 0 Å². The molecule has 20 heavy (non-hydrogen) atoms. The van der Waals surface area contributed by atoms with Gasteiger partial charge in [0.05, 0.1) is 13.2 Å². The molecule has 2 rings (SSSR count). The maximum absolute atomic E-state index is 9.93. The molecule has 0 aliphatic rings. The molecule has 2 nitrogen and oxygen atoms in total. The predicted molar refractivity (Wildman–Crippen MR) is 81.9 cm³/mol. The van der Waals surface area contributed by atoms with Crippen molar-refractivity contribution >= 4 is 0 Å². The number of aryl methyl sites for hydroxylation is 2. The molecule has 0 saturated carbocycles. The molecule has 0 bridgehead atoms. The molecule has 0 aliphatic heterocycles. The zero-order chi connectivity index (χ0) is 14.6. The highest BCUT2D eigenvalue weighted by Crippen LogP contribution is 2.30. The molecule has 0 aromatic heterocycles. The minimum absolute atomic E-state index is 0.0672. The third-order valence-corrected chi connectivity index (χ3v) is 3.95. The molecule has 2 heteroatoms. The maximum atomic E-state index is 9.93. The topological polar surface area (TPSA) is 40.5 Å². The van der Waals surface area contributed by atoms with E-state index in [1.165, 1.54) is 5.56 Å². The lowest BCUT2D eigenvalue weighted by molar-refractivity contribution is 0.115. The molecule has 0 saturated heterocycles. The van der Waals surface area contributed by atoms with Crippen molar-refractivity contribution in [2.75, 3.05) is 13.2 Å². The third-order valence-electron chi connectivity index (χ3n) is 3.95. The van der Waals surface area contributed by atoms with Crippen LogP contribution in [0.25, 0.3) is 0 Å². The Hall–Kier alpha value is -1.64. The summed E-state index contributed by atoms with van der Waals surface area (Å²) in [6, 6.07) is 16.2. The second kappa shape index (κ2) is 6.21. The summed E-state index contributed by atoms with van der Waals surface area (Å²) in [7, 11) is 0. The number of benzene rings is 2. The van der Waals surface area contributed by atoms with Crippen LogP contribution in [0.5, 0.6) is 0 Å². The van der Waals surface area contributed by atoms with Gasteiger partial charge in [-0.05, 0) is 37.0 Å². The van der Waals surface area contributed by atoms with E-state index in [-0.39, 0.29) is 13.2 Å². The lowest BCUT2D eigenvalue weighted by Crippen LogP contribution is -2.38. The van der Waals surface area contributed by atoms with E-state index in [4.69, 9.17) is 0 Å². The van der Waals surface area contributed by atoms with E-state index in [1.54, 1.807) is 0 Å². The van der Waals surface area contributed by atoms with Crippen molar-refractivity contribution in [1.29, 1.82) is 0 Å². The standard InChI is InChI=1S/C18H22O2/c1-14-6-5-8-16(10-14)11-18(12-19,13-20)17-9-4-3-7-15(17)2/h3-10,19-20H,11-13H2,1-2H3. The largest absolute Gasteiger partial charge is 0.395 e. The van der Waals surface area contributed by atoms with Gasteiger partial charge in [0.1, 0.15) is 0 Å². The summed E-state index contributed by atoms with van der Waals surface area (Å²) in [6.45, 7) is 3.94. The number of aliphatic hydroxyl groups excluding tert-OH is 2. The Labute approximate surface area is 120 Å². The van der Waals surface area contributed by atoms with E-state index in [1.807, 2.05) is 43.3 Å². The first-order valence-corrected chi connectivity index (χ1v) is 6.95. The van der Waals surface area contributed by atoms with Crippen LogP contribution in [0.1, 0.15) is 22.3 Å². The summed E-state index contributed by atoms with van der Waals surface area (Å²) < 4.78 is 0. The number of hydrogen-bond donors (Lipinski definition) is 2. The van der Waals surface area contributed by atoms with Crippen LogP contribution in [0.15, 0.2) is 48.5 Å². The first-order valence-electron chi connectivity index (χ1n) is 6.95. The van der Waals surface area contributed by atoms with E-state index in [0.29, 0.717) is 6.42 Å². The first-order chi connectivity index (χ1) is 9.61. The van der Waals surface area contributed by atoms with Crippen molar-refractivity contribution in [2.24, 2.45) is 0 Å². The van der Waals surface area contributed by atoms with Crippen LogP contribution in [-0.2, 0) is 11.8 Å². The van der Waals surface area contributed by atoms with Gasteiger partial charge in [-0.1, -0.05) is 54.1 Å². The summed E-state index contributed by atoms with van der Waals surface area (Å²) in [4.78, 5) is 0. The van der Waals surface area contributed by atoms with Crippen molar-refractivity contribution in [2.45, 2.75) is 25.7 Å². The fourth-order valence-corrected chi connectivity index (χ4v) is 2.81. The molecular weight excluding hydrogens is 248 g/mol. The Kier molecular flexibility index (Phi) is 4.58. The van der Waals surface area contributed by atoms with Crippen LogP contribution in [-0.4, -0.2) is 23.4 Å². The summed E-state index contributed by atoms with van der Waals surface area (Å²) >= 11 is 0. The molecular formula is C18H22O2. The molecule has 0 amide bonds. The van der Waals surface area contributed by atoms with Gasteiger partial charge in [0.2, 0.25) is 0 Å². The average molecular weight is 270 g/mol. The Bertz CT molecular complexity index is 571. The van der Waals surface area contributed by atoms with Crippen LogP contribution in [0.3, 0.4) is 0 Å². The van der Waals surface area contributed by atoms with Gasteiger partial charge in [0, 0.05) is 5.41 Å². The minimum Gasteiger partial charge on any atom is -0.395 e. The van der Waals surface area contributed by atoms with Gasteiger partial charge < -0.3 is 10.2 Å². The summed E-state index contributed by atoms with van der Waals surface area (Å²) in [5, 5.41) is 19.9. The van der Waals surface area contributed by atoms with Crippen molar-refractivity contribution in [3.8, 4) is 0 Å². The smallest absolute Gasteiger partial charge is 0.0553 e. The van der Waals surface area contributed by atoms with Gasteiger partial charge in [-0.25, -0.2) is 0 Å². The Morgan fingerprint density at radius 2 is 1.60 bits per heavy atom. The monoisotopic (exact) mass is 270 g/mol. The molecule has 0 aliphatic carbocycles. The highest BCUT2D eigenvalue weighted by atomic mass is 16.3. The van der Waals surface area contributed by atoms with E-state index in [9.17, 15) is 10.2 Å². The normalized spacial score (nSPS) is 11.6. The molecule has 0 fully saturated rings. The molecule has 106 valence electrons. The number of rotatable bonds is 5. The maximum Gasteiger partial charge on any atom is 0.0553 e. The van der Waals surface area contributed by atoms with Crippen molar-refractivity contribution in [3.63, 3.8) is 0 Å². The van der Waals surface area contributed by atoms with Crippen LogP contribution >= 0.6 is 0 Å². The quantitative estimate of drug-likeness (QED) is 0.877. The van der Waals surface area contributed by atoms with Crippen LogP contribution in [0, 0.1) is 13.8 Å². The fourth-order valence-electron chi connectivity index (χ4n) is 2.81. The van der Waals surface area contributed by atoms with Gasteiger partial charge in [-0.2, -0.15) is 0 Å². The van der Waals surface area contributed by atoms with Gasteiger partial charge in [0.15, 0.2) is 0 Å². The van der Waals surface area contributed by atoms with E-state index in [0.717, 1.165) is 16.7 Å². The fraction of sp³-hybridized carbons (Fsp3) is 0.333. The Balaban J connectivity index is 2.42. The zero-order valence-electron chi connectivity index (χ0n) is 12.1. The molecule has 0 spiro atoms. The first kappa shape index (κ1) is 14.8. The molecule has 0 unspecified atom stereocenters. The highest BCUT2D eigenvalue weighted by molar-refractivity contribution is 5.36. The molecule has 2 aromatic carbocycles. The lowest BCUT2D eigenvalue weighted by Gasteiger charge is -2.32. The summed E-state index contributed by atoms with van der Waals surface area (Å²) in [5.74, 6) is 0. The molecule has 0 radical (unpaired) electrons. The molecule has 2 N–H and O–H groups in total. The summed E-state index contributed by atoms with van der Waals surface area (Å²) in [6.07, 6.45) is 0.631. The number of hydrogen-bond acceptors (Lipinski definition) is 2. The number of aliphatic hydroxyl groups is 2. The summed E-state index contributed by atoms with van der Waals surface area (Å²) in [5.41, 5.74) is 3.82. The minimum atomic E-state index is -0.626. The zero-order valence-corrected chi connectivity index (χ0v) is 12.1. The van der Waals surface area contributed by atoms with Crippen molar-refractivity contribution < 1.29 is 10.2 Å². The third kappa shape index (κ3) is 2.92. The van der Waals surface area contributed by atoms with Gasteiger partial charge in [0.25, 0.3) is 0 Å². The van der Waals surface area contributed by atoms with Crippen LogP contribution in [0.2, 0.25) is 0 Å². The van der Waals surface area contributed by atoms with E-state index < -0.39 is 5.41 Å². The lowest BCUT2D eigenvalue weighted by atomic mass is 9.75. The second-order valence-corrected chi connectivity index (χ2v) is 5.58. The SMILES string of the molecule is Cc1cccc(CC(CO)(CO)c2ccccc2C)c1. The van der Waals surface area contributed by atoms with E-state index >= 15 is 0 Å². The highest BCUT2D eigenvalue weighted by Gasteiger charge is 2.32. The Morgan fingerprint density at radius 1 is 0.900 bits per heavy atom. The molecule has 0 heterocycles. The molecule has 0 atom stereocenters. The predicted octanol–water partition coefficient (Wildman–Crippen LogP) is 2.77.